The van der Waals surface area contributed by atoms with E-state index < -0.39 is 31.0 Å². The van der Waals surface area contributed by atoms with Crippen molar-refractivity contribution in [1.29, 1.82) is 0 Å². The van der Waals surface area contributed by atoms with Gasteiger partial charge < -0.3 is 40.3 Å². The predicted molar refractivity (Wildman–Crippen MR) is 66.7 cm³/mol. The van der Waals surface area contributed by atoms with Gasteiger partial charge in [0.1, 0.15) is 18.3 Å². The van der Waals surface area contributed by atoms with E-state index in [9.17, 15) is 15.3 Å². The lowest BCUT2D eigenvalue weighted by Gasteiger charge is -2.25. The Bertz CT molecular complexity index is 207. The van der Waals surface area contributed by atoms with Gasteiger partial charge in [-0.2, -0.15) is 0 Å². The summed E-state index contributed by atoms with van der Waals surface area (Å²) in [5.74, 6) is 0. The quantitative estimate of drug-likeness (QED) is 0.205. The van der Waals surface area contributed by atoms with Crippen molar-refractivity contribution in [3.8, 4) is 0 Å². The monoisotopic (exact) mass is 283 g/mol. The molecule has 4 atom stereocenters. The van der Waals surface area contributed by atoms with Crippen molar-refractivity contribution in [3.05, 3.63) is 0 Å². The molecule has 0 heterocycles. The van der Waals surface area contributed by atoms with E-state index in [0.29, 0.717) is 26.4 Å². The average molecular weight is 283 g/mol. The van der Waals surface area contributed by atoms with Crippen molar-refractivity contribution >= 4 is 0 Å². The number of nitrogens with one attached hydrogen (secondary N) is 1. The number of aliphatic hydroxyl groups excluding tert-OH is 5. The lowest BCUT2D eigenvalue weighted by molar-refractivity contribution is -0.114. The van der Waals surface area contributed by atoms with Gasteiger partial charge in [-0.25, -0.2) is 0 Å². The zero-order valence-corrected chi connectivity index (χ0v) is 11.1. The molecule has 0 aliphatic rings. The van der Waals surface area contributed by atoms with Gasteiger partial charge in [0.05, 0.1) is 32.5 Å². The molecule has 0 bridgehead atoms. The molecular weight excluding hydrogens is 258 g/mol. The predicted octanol–water partition coefficient (Wildman–Crippen LogP) is -3.33. The molecule has 0 aromatic heterocycles. The maximum absolute atomic E-state index is 9.55. The lowest BCUT2D eigenvalue weighted by atomic mass is 10.0. The minimum Gasteiger partial charge on any atom is -0.394 e. The fraction of sp³-hybridized carbons (Fsp3) is 1.00. The fourth-order valence-corrected chi connectivity index (χ4v) is 1.32. The highest BCUT2D eigenvalue weighted by atomic mass is 16.5. The maximum atomic E-state index is 9.55. The van der Waals surface area contributed by atoms with Gasteiger partial charge in [-0.05, 0) is 0 Å². The van der Waals surface area contributed by atoms with Crippen LogP contribution in [0.5, 0.6) is 0 Å². The topological polar surface area (TPSA) is 132 Å². The van der Waals surface area contributed by atoms with Gasteiger partial charge in [0.25, 0.3) is 0 Å². The zero-order valence-electron chi connectivity index (χ0n) is 11.1. The number of hydrogen-bond donors (Lipinski definition) is 6. The van der Waals surface area contributed by atoms with Crippen LogP contribution in [0.3, 0.4) is 0 Å². The first-order valence-corrected chi connectivity index (χ1v) is 6.15. The van der Waals surface area contributed by atoms with Gasteiger partial charge >= 0.3 is 0 Å². The molecule has 0 aliphatic carbocycles. The van der Waals surface area contributed by atoms with Crippen LogP contribution in [-0.2, 0) is 9.47 Å². The van der Waals surface area contributed by atoms with E-state index in [-0.39, 0.29) is 6.54 Å². The molecule has 0 amide bonds. The Labute approximate surface area is 112 Å². The van der Waals surface area contributed by atoms with Crippen LogP contribution in [0.15, 0.2) is 0 Å². The number of hydrogen-bond acceptors (Lipinski definition) is 8. The Hall–Kier alpha value is -0.320. The Morgan fingerprint density at radius 2 is 1.58 bits per heavy atom. The molecule has 0 aliphatic heterocycles. The van der Waals surface area contributed by atoms with E-state index >= 15 is 0 Å². The zero-order chi connectivity index (χ0) is 14.7. The van der Waals surface area contributed by atoms with E-state index in [1.54, 1.807) is 7.11 Å². The van der Waals surface area contributed by atoms with Gasteiger partial charge in [-0.1, -0.05) is 0 Å². The normalized spacial score (nSPS) is 18.0. The van der Waals surface area contributed by atoms with Crippen molar-refractivity contribution in [2.24, 2.45) is 0 Å². The Morgan fingerprint density at radius 1 is 0.947 bits per heavy atom. The van der Waals surface area contributed by atoms with Crippen LogP contribution in [-0.4, -0.2) is 96.6 Å². The number of ether oxygens (including phenoxy) is 2. The summed E-state index contributed by atoms with van der Waals surface area (Å²) in [4.78, 5) is 0. The largest absolute Gasteiger partial charge is 0.394 e. The fourth-order valence-electron chi connectivity index (χ4n) is 1.32. The Balaban J connectivity index is 3.64. The molecule has 8 nitrogen and oxygen atoms in total. The third-order valence-corrected chi connectivity index (χ3v) is 2.53. The second kappa shape index (κ2) is 11.5. The van der Waals surface area contributed by atoms with E-state index in [4.69, 9.17) is 19.7 Å². The van der Waals surface area contributed by atoms with Crippen LogP contribution in [0.4, 0.5) is 0 Å². The molecule has 0 unspecified atom stereocenters. The van der Waals surface area contributed by atoms with Crippen LogP contribution in [0.25, 0.3) is 0 Å². The highest BCUT2D eigenvalue weighted by Crippen LogP contribution is 2.04. The Kier molecular flexibility index (Phi) is 11.3. The summed E-state index contributed by atoms with van der Waals surface area (Å²) in [5, 5.41) is 49.0. The molecule has 0 aromatic carbocycles. The molecule has 0 rings (SSSR count). The molecule has 0 saturated carbocycles. The SMILES string of the molecule is COCCOCCNC[C@H](O)[C@@H](O)[C@@H](O)[C@@H](O)CO. The summed E-state index contributed by atoms with van der Waals surface area (Å²) < 4.78 is 9.95. The van der Waals surface area contributed by atoms with Crippen molar-refractivity contribution < 1.29 is 35.0 Å². The van der Waals surface area contributed by atoms with Crippen molar-refractivity contribution in [3.63, 3.8) is 0 Å². The molecule has 0 saturated heterocycles. The molecular formula is C11H25NO7. The summed E-state index contributed by atoms with van der Waals surface area (Å²) in [6.45, 7) is 1.22. The minimum absolute atomic E-state index is 0.0318. The molecule has 8 heteroatoms. The lowest BCUT2D eigenvalue weighted by Crippen LogP contribution is -2.49. The third kappa shape index (κ3) is 8.45. The number of rotatable bonds is 12. The summed E-state index contributed by atoms with van der Waals surface area (Å²) in [7, 11) is 1.57. The third-order valence-electron chi connectivity index (χ3n) is 2.53. The molecule has 116 valence electrons. The first-order valence-electron chi connectivity index (χ1n) is 6.15. The second-order valence-electron chi connectivity index (χ2n) is 4.11. The molecule has 6 N–H and O–H groups in total. The number of aliphatic hydroxyl groups is 5. The van der Waals surface area contributed by atoms with Gasteiger partial charge in [-0.15, -0.1) is 0 Å². The standard InChI is InChI=1S/C11H25NO7/c1-18-4-5-19-3-2-12-6-8(14)10(16)11(17)9(15)7-13/h8-17H,2-7H2,1H3/t8-,9-,10+,11-/m0/s1. The summed E-state index contributed by atoms with van der Waals surface area (Å²) in [6.07, 6.45) is -5.87. The second-order valence-corrected chi connectivity index (χ2v) is 4.11. The van der Waals surface area contributed by atoms with E-state index in [1.807, 2.05) is 0 Å². The highest BCUT2D eigenvalue weighted by Gasteiger charge is 2.29. The van der Waals surface area contributed by atoms with Crippen molar-refractivity contribution in [2.45, 2.75) is 24.4 Å². The van der Waals surface area contributed by atoms with Gasteiger partial charge in [0.15, 0.2) is 0 Å². The van der Waals surface area contributed by atoms with Crippen LogP contribution in [0.2, 0.25) is 0 Å². The average Bonchev–Trinajstić information content (AvgIpc) is 2.43. The first kappa shape index (κ1) is 18.7. The van der Waals surface area contributed by atoms with Crippen LogP contribution in [0, 0.1) is 0 Å². The maximum Gasteiger partial charge on any atom is 0.111 e. The van der Waals surface area contributed by atoms with E-state index in [0.717, 1.165) is 0 Å². The molecule has 19 heavy (non-hydrogen) atoms. The van der Waals surface area contributed by atoms with Crippen molar-refractivity contribution in [1.82, 2.24) is 5.32 Å². The minimum atomic E-state index is -1.60. The van der Waals surface area contributed by atoms with Gasteiger partial charge in [-0.3, -0.25) is 0 Å². The molecule has 0 fully saturated rings. The number of methoxy groups -OCH3 is 1. The van der Waals surface area contributed by atoms with Crippen LogP contribution < -0.4 is 5.32 Å². The van der Waals surface area contributed by atoms with Crippen LogP contribution in [0.1, 0.15) is 0 Å². The molecule has 0 radical (unpaired) electrons. The van der Waals surface area contributed by atoms with Gasteiger partial charge in [0.2, 0.25) is 0 Å². The Morgan fingerprint density at radius 3 is 2.16 bits per heavy atom. The first-order chi connectivity index (χ1) is 9.04. The molecule has 0 aromatic rings. The highest BCUT2D eigenvalue weighted by molar-refractivity contribution is 4.81. The van der Waals surface area contributed by atoms with E-state index in [1.165, 1.54) is 0 Å². The summed E-state index contributed by atoms with van der Waals surface area (Å²) >= 11 is 0. The summed E-state index contributed by atoms with van der Waals surface area (Å²) in [6, 6.07) is 0. The molecule has 0 spiro atoms. The van der Waals surface area contributed by atoms with Crippen LogP contribution >= 0.6 is 0 Å². The van der Waals surface area contributed by atoms with Crippen molar-refractivity contribution in [2.75, 3.05) is 46.6 Å². The summed E-state index contributed by atoms with van der Waals surface area (Å²) in [5.41, 5.74) is 0. The smallest absolute Gasteiger partial charge is 0.111 e. The van der Waals surface area contributed by atoms with Gasteiger partial charge in [0, 0.05) is 20.2 Å². The van der Waals surface area contributed by atoms with E-state index in [2.05, 4.69) is 5.32 Å².